The van der Waals surface area contributed by atoms with Crippen LogP contribution in [0, 0.1) is 0 Å². The molecule has 1 aliphatic heterocycles. The van der Waals surface area contributed by atoms with E-state index in [4.69, 9.17) is 16.3 Å². The number of hydrogen-bond donors (Lipinski definition) is 1. The first-order chi connectivity index (χ1) is 17.1. The van der Waals surface area contributed by atoms with Gasteiger partial charge in [0.1, 0.15) is 12.3 Å². The largest absolute Gasteiger partial charge is 0.495 e. The Kier molecular flexibility index (Phi) is 8.67. The van der Waals surface area contributed by atoms with E-state index in [1.54, 1.807) is 0 Å². The highest BCUT2D eigenvalue weighted by atomic mass is 35.5. The van der Waals surface area contributed by atoms with Crippen molar-refractivity contribution < 1.29 is 39.5 Å². The van der Waals surface area contributed by atoms with Crippen LogP contribution in [0.15, 0.2) is 41.3 Å². The van der Waals surface area contributed by atoms with Crippen molar-refractivity contribution in [3.63, 3.8) is 0 Å². The summed E-state index contributed by atoms with van der Waals surface area (Å²) in [7, 11) is -6.78. The van der Waals surface area contributed by atoms with Crippen LogP contribution in [0.25, 0.3) is 0 Å². The van der Waals surface area contributed by atoms with E-state index < -0.39 is 54.9 Å². The van der Waals surface area contributed by atoms with Crippen molar-refractivity contribution in [3.8, 4) is 5.75 Å². The van der Waals surface area contributed by atoms with E-state index in [9.17, 15) is 34.8 Å². The van der Waals surface area contributed by atoms with E-state index in [0.29, 0.717) is 23.5 Å². The van der Waals surface area contributed by atoms with Gasteiger partial charge in [0.15, 0.2) is 0 Å². The van der Waals surface area contributed by atoms with E-state index in [-0.39, 0.29) is 16.3 Å². The molecule has 0 saturated carbocycles. The minimum atomic E-state index is -4.85. The number of carbonyl (C=O) groups is 1. The number of alkyl halides is 3. The van der Waals surface area contributed by atoms with E-state index in [1.165, 1.54) is 29.6 Å². The van der Waals surface area contributed by atoms with Gasteiger partial charge in [0.25, 0.3) is 0 Å². The Hall–Kier alpha value is -2.55. The molecule has 1 aliphatic rings. The fourth-order valence-corrected chi connectivity index (χ4v) is 6.42. The van der Waals surface area contributed by atoms with E-state index in [2.05, 4.69) is 5.32 Å². The summed E-state index contributed by atoms with van der Waals surface area (Å²) in [6, 6.07) is 6.31. The number of nitrogens with one attached hydrogen (secondary N) is 1. The minimum Gasteiger partial charge on any atom is -0.495 e. The third kappa shape index (κ3) is 6.86. The lowest BCUT2D eigenvalue weighted by molar-refractivity contribution is -0.137. The van der Waals surface area contributed by atoms with Gasteiger partial charge in [0.05, 0.1) is 40.2 Å². The standard InChI is InChI=1S/C22H25ClF3N3O6S2/c1-35-20-9-7-16(37(33,34)28-10-4-3-5-11-28)13-19(20)27-21(30)14-29(36(2,31)32)15-6-8-18(23)17(12-15)22(24,25)26/h6-9,12-13H,3-5,10-11,14H2,1-2H3,(H,27,30). The molecule has 1 N–H and O–H groups in total. The van der Waals surface area contributed by atoms with Crippen molar-refractivity contribution in [1.29, 1.82) is 0 Å². The topological polar surface area (TPSA) is 113 Å². The van der Waals surface area contributed by atoms with Gasteiger partial charge in [0.2, 0.25) is 26.0 Å². The smallest absolute Gasteiger partial charge is 0.417 e. The number of methoxy groups -OCH3 is 1. The van der Waals surface area contributed by atoms with Crippen LogP contribution in [0.1, 0.15) is 24.8 Å². The first-order valence-corrected chi connectivity index (χ1v) is 14.6. The van der Waals surface area contributed by atoms with Crippen molar-refractivity contribution in [2.24, 2.45) is 0 Å². The van der Waals surface area contributed by atoms with E-state index >= 15 is 0 Å². The number of ether oxygens (including phenoxy) is 1. The van der Waals surface area contributed by atoms with E-state index in [1.807, 2.05) is 0 Å². The molecule has 1 heterocycles. The number of halogens is 4. The summed E-state index contributed by atoms with van der Waals surface area (Å²) in [4.78, 5) is 12.7. The van der Waals surface area contributed by atoms with Gasteiger partial charge >= 0.3 is 6.18 Å². The maximum atomic E-state index is 13.3. The summed E-state index contributed by atoms with van der Waals surface area (Å²) in [5.74, 6) is -0.845. The Morgan fingerprint density at radius 2 is 1.73 bits per heavy atom. The van der Waals surface area contributed by atoms with Crippen LogP contribution < -0.4 is 14.4 Å². The van der Waals surface area contributed by atoms with Gasteiger partial charge in [-0.1, -0.05) is 18.0 Å². The maximum absolute atomic E-state index is 13.3. The van der Waals surface area contributed by atoms with Crippen molar-refractivity contribution >= 4 is 48.9 Å². The number of hydrogen-bond acceptors (Lipinski definition) is 6. The molecule has 2 aromatic rings. The van der Waals surface area contributed by atoms with E-state index in [0.717, 1.165) is 37.7 Å². The average molecular weight is 584 g/mol. The normalized spacial score (nSPS) is 15.3. The molecule has 0 atom stereocenters. The zero-order valence-corrected chi connectivity index (χ0v) is 22.3. The second kappa shape index (κ2) is 11.1. The molecule has 0 spiro atoms. The molecule has 15 heteroatoms. The summed E-state index contributed by atoms with van der Waals surface area (Å²) in [5, 5.41) is 1.77. The van der Waals surface area contributed by atoms with Crippen LogP contribution in [0.4, 0.5) is 24.5 Å². The van der Waals surface area contributed by atoms with Crippen molar-refractivity contribution in [1.82, 2.24) is 4.31 Å². The molecule has 0 unspecified atom stereocenters. The number of nitrogens with zero attached hydrogens (tertiary/aromatic N) is 2. The van der Waals surface area contributed by atoms with Crippen LogP contribution >= 0.6 is 11.6 Å². The van der Waals surface area contributed by atoms with Gasteiger partial charge in [-0.2, -0.15) is 17.5 Å². The minimum absolute atomic E-state index is 0.0499. The summed E-state index contributed by atoms with van der Waals surface area (Å²) < 4.78 is 97.7. The SMILES string of the molecule is COc1ccc(S(=O)(=O)N2CCCCC2)cc1NC(=O)CN(c1ccc(Cl)c(C(F)(F)F)c1)S(C)(=O)=O. The predicted molar refractivity (Wildman–Crippen MR) is 133 cm³/mol. The van der Waals surface area contributed by atoms with Gasteiger partial charge in [-0.15, -0.1) is 0 Å². The number of carbonyl (C=O) groups excluding carboxylic acids is 1. The van der Waals surface area contributed by atoms with Crippen LogP contribution in [0.2, 0.25) is 5.02 Å². The molecule has 9 nitrogen and oxygen atoms in total. The lowest BCUT2D eigenvalue weighted by Gasteiger charge is -2.26. The maximum Gasteiger partial charge on any atom is 0.417 e. The summed E-state index contributed by atoms with van der Waals surface area (Å²) in [5.41, 5.74) is -1.74. The van der Waals surface area contributed by atoms with Crippen molar-refractivity contribution in [3.05, 3.63) is 47.0 Å². The number of rotatable bonds is 8. The number of piperidine rings is 1. The molecule has 37 heavy (non-hydrogen) atoms. The Morgan fingerprint density at radius 3 is 2.30 bits per heavy atom. The first-order valence-electron chi connectivity index (χ1n) is 11.0. The van der Waals surface area contributed by atoms with Gasteiger partial charge < -0.3 is 10.1 Å². The molecular formula is C22H25ClF3N3O6S2. The highest BCUT2D eigenvalue weighted by Crippen LogP contribution is 2.37. The number of benzene rings is 2. The Morgan fingerprint density at radius 1 is 1.08 bits per heavy atom. The molecule has 2 aromatic carbocycles. The Labute approximate surface area is 218 Å². The monoisotopic (exact) mass is 583 g/mol. The summed E-state index contributed by atoms with van der Waals surface area (Å²) >= 11 is 5.62. The molecule has 0 aliphatic carbocycles. The fourth-order valence-electron chi connectivity index (χ4n) is 3.81. The zero-order valence-electron chi connectivity index (χ0n) is 19.9. The third-order valence-electron chi connectivity index (χ3n) is 5.63. The van der Waals surface area contributed by atoms with Gasteiger partial charge in [-0.25, -0.2) is 16.8 Å². The molecule has 1 amide bonds. The average Bonchev–Trinajstić information content (AvgIpc) is 2.82. The fraction of sp³-hybridized carbons (Fsp3) is 0.409. The highest BCUT2D eigenvalue weighted by Gasteiger charge is 2.35. The first kappa shape index (κ1) is 29.0. The molecule has 0 radical (unpaired) electrons. The van der Waals surface area contributed by atoms with Crippen LogP contribution in [0.3, 0.4) is 0 Å². The van der Waals surface area contributed by atoms with Crippen molar-refractivity contribution in [2.45, 2.75) is 30.3 Å². The van der Waals surface area contributed by atoms with Gasteiger partial charge in [-0.3, -0.25) is 9.10 Å². The lowest BCUT2D eigenvalue weighted by atomic mass is 10.2. The quantitative estimate of drug-likeness (QED) is 0.504. The molecule has 204 valence electrons. The molecular weight excluding hydrogens is 559 g/mol. The zero-order chi connectivity index (χ0) is 27.6. The molecule has 1 saturated heterocycles. The van der Waals surface area contributed by atoms with Crippen LogP contribution in [0.5, 0.6) is 5.75 Å². The molecule has 0 bridgehead atoms. The van der Waals surface area contributed by atoms with Crippen LogP contribution in [-0.2, 0) is 31.0 Å². The summed E-state index contributed by atoms with van der Waals surface area (Å²) in [6.07, 6.45) is -1.76. The molecule has 1 fully saturated rings. The number of anilines is 2. The molecule has 3 rings (SSSR count). The number of sulfonamides is 2. The third-order valence-corrected chi connectivity index (χ3v) is 8.99. The predicted octanol–water partition coefficient (Wildman–Crippen LogP) is 3.95. The Balaban J connectivity index is 1.91. The second-order valence-corrected chi connectivity index (χ2v) is 12.6. The lowest BCUT2D eigenvalue weighted by Crippen LogP contribution is -2.37. The highest BCUT2D eigenvalue weighted by molar-refractivity contribution is 7.92. The van der Waals surface area contributed by atoms with Gasteiger partial charge in [0, 0.05) is 13.1 Å². The second-order valence-electron chi connectivity index (χ2n) is 8.31. The Bertz CT molecular complexity index is 1380. The summed E-state index contributed by atoms with van der Waals surface area (Å²) in [6.45, 7) is -0.176. The molecule has 0 aromatic heterocycles. The van der Waals surface area contributed by atoms with Crippen molar-refractivity contribution in [2.75, 3.05) is 42.6 Å². The van der Waals surface area contributed by atoms with Crippen LogP contribution in [-0.4, -0.2) is 60.0 Å². The van der Waals surface area contributed by atoms with Gasteiger partial charge in [-0.05, 0) is 49.2 Å². The number of amides is 1.